The van der Waals surface area contributed by atoms with Crippen LogP contribution in [0.2, 0.25) is 0 Å². The third kappa shape index (κ3) is 6.17. The van der Waals surface area contributed by atoms with Gasteiger partial charge in [0, 0.05) is 58.8 Å². The van der Waals surface area contributed by atoms with Crippen LogP contribution < -0.4 is 21.2 Å². The van der Waals surface area contributed by atoms with E-state index in [-0.39, 0.29) is 24.6 Å². The highest BCUT2D eigenvalue weighted by Crippen LogP contribution is 2.34. The number of carbonyl (C=O) groups excluding carboxylic acids is 2. The summed E-state index contributed by atoms with van der Waals surface area (Å²) in [6.07, 6.45) is -4.10. The van der Waals surface area contributed by atoms with Crippen molar-refractivity contribution in [3.63, 3.8) is 0 Å². The zero-order valence-corrected chi connectivity index (χ0v) is 23.9. The van der Waals surface area contributed by atoms with Crippen LogP contribution in [0.3, 0.4) is 0 Å². The van der Waals surface area contributed by atoms with E-state index in [9.17, 15) is 36.3 Å². The second kappa shape index (κ2) is 12.1. The molecular weight excluding hydrogens is 597 g/mol. The number of carboxylic acid groups (broad SMARTS) is 1. The summed E-state index contributed by atoms with van der Waals surface area (Å²) < 4.78 is 63.5. The van der Waals surface area contributed by atoms with Crippen molar-refractivity contribution < 1.29 is 41.4 Å². The molecule has 0 spiro atoms. The van der Waals surface area contributed by atoms with Crippen molar-refractivity contribution in [2.75, 3.05) is 57.3 Å². The molecule has 2 aromatic rings. The van der Waals surface area contributed by atoms with Gasteiger partial charge in [-0.1, -0.05) is 6.07 Å². The number of likely N-dealkylation sites (tertiary alicyclic amines) is 1. The lowest BCUT2D eigenvalue weighted by atomic mass is 9.94. The van der Waals surface area contributed by atoms with E-state index in [4.69, 9.17) is 9.90 Å². The number of alkyl halides is 5. The molecule has 4 aliphatic rings. The number of hydrogen-bond acceptors (Lipinski definition) is 8. The Hall–Kier alpha value is -3.57. The number of aliphatic carboxylic acids is 1. The Kier molecular flexibility index (Phi) is 8.74. The molecule has 1 aromatic heterocycles. The summed E-state index contributed by atoms with van der Waals surface area (Å²) in [6, 6.07) is 4.65. The van der Waals surface area contributed by atoms with Crippen LogP contribution in [0.4, 0.5) is 27.6 Å². The Morgan fingerprint density at radius 3 is 2.27 bits per heavy atom. The Balaban J connectivity index is 0.000000493. The highest BCUT2D eigenvalue weighted by atomic mass is 19.4. The maximum Gasteiger partial charge on any atom is 0.490 e. The summed E-state index contributed by atoms with van der Waals surface area (Å²) in [7, 11) is 1.71. The molecule has 4 aliphatic heterocycles. The molecule has 6 rings (SSSR count). The molecule has 242 valence electrons. The Morgan fingerprint density at radius 1 is 1.02 bits per heavy atom. The molecule has 0 saturated carbocycles. The first-order chi connectivity index (χ1) is 20.7. The van der Waals surface area contributed by atoms with Gasteiger partial charge in [-0.25, -0.2) is 18.4 Å². The largest absolute Gasteiger partial charge is 0.490 e. The number of piperidine rings is 2. The van der Waals surface area contributed by atoms with Gasteiger partial charge in [0.05, 0.1) is 29.3 Å². The molecule has 0 aliphatic carbocycles. The van der Waals surface area contributed by atoms with E-state index in [1.807, 2.05) is 23.1 Å². The molecule has 1 aromatic carbocycles. The van der Waals surface area contributed by atoms with Crippen LogP contribution in [0, 0.1) is 0 Å². The minimum atomic E-state index is -5.08. The third-order valence-corrected chi connectivity index (χ3v) is 8.79. The SMILES string of the molecule is Cn1c(=O)n(C2CCC(=O)NC2=O)c2cccc(N3CCN(C4CN(C5CCNCC5(F)F)C4)CC3)c21.O=C(O)C(F)(F)F. The van der Waals surface area contributed by atoms with Crippen molar-refractivity contribution in [2.24, 2.45) is 7.05 Å². The molecule has 2 amide bonds. The normalized spacial score (nSPS) is 25.3. The summed E-state index contributed by atoms with van der Waals surface area (Å²) in [5.74, 6) is -6.19. The lowest BCUT2D eigenvalue weighted by Crippen LogP contribution is -2.69. The fourth-order valence-corrected chi connectivity index (χ4v) is 6.48. The van der Waals surface area contributed by atoms with Crippen LogP contribution >= 0.6 is 0 Å². The summed E-state index contributed by atoms with van der Waals surface area (Å²) in [4.78, 5) is 52.8. The predicted molar refractivity (Wildman–Crippen MR) is 148 cm³/mol. The standard InChI is InChI=1S/C25H33F2N7O3.C2HF3O2/c1-30-22-17(3-2-4-18(22)34(24(30)37)19-5-6-21(35)29-23(19)36)32-11-9-31(10-12-32)16-13-33(14-16)20-7-8-28-15-25(20,26)27;3-2(4,5)1(6)7/h2-4,16,19-20,28H,5-15H2,1H3,(H,29,35,36);(H,6,7). The van der Waals surface area contributed by atoms with Gasteiger partial charge < -0.3 is 15.3 Å². The number of amides is 2. The smallest absolute Gasteiger partial charge is 0.475 e. The number of aryl methyl sites for hydroxylation is 1. The summed E-state index contributed by atoms with van der Waals surface area (Å²) in [5.41, 5.74) is 2.11. The molecule has 4 saturated heterocycles. The van der Waals surface area contributed by atoms with Crippen molar-refractivity contribution in [3.8, 4) is 0 Å². The van der Waals surface area contributed by atoms with Crippen molar-refractivity contribution in [2.45, 2.75) is 49.5 Å². The number of imide groups is 1. The van der Waals surface area contributed by atoms with Crippen molar-refractivity contribution in [1.82, 2.24) is 29.6 Å². The number of nitrogens with zero attached hydrogens (tertiary/aromatic N) is 5. The lowest BCUT2D eigenvalue weighted by Gasteiger charge is -2.53. The summed E-state index contributed by atoms with van der Waals surface area (Å²) >= 11 is 0. The number of halogens is 5. The zero-order valence-electron chi connectivity index (χ0n) is 23.9. The molecule has 12 nitrogen and oxygen atoms in total. The monoisotopic (exact) mass is 631 g/mol. The molecule has 2 atom stereocenters. The van der Waals surface area contributed by atoms with Crippen LogP contribution in [0.25, 0.3) is 11.0 Å². The number of carboxylic acids is 1. The van der Waals surface area contributed by atoms with E-state index in [2.05, 4.69) is 20.4 Å². The number of fused-ring (bicyclic) bond motifs is 1. The van der Waals surface area contributed by atoms with Gasteiger partial charge in [-0.05, 0) is 31.5 Å². The molecule has 5 heterocycles. The first kappa shape index (κ1) is 31.8. The van der Waals surface area contributed by atoms with E-state index in [1.54, 1.807) is 11.6 Å². The van der Waals surface area contributed by atoms with Crippen LogP contribution in [0.15, 0.2) is 23.0 Å². The van der Waals surface area contributed by atoms with E-state index in [0.29, 0.717) is 44.0 Å². The number of imidazole rings is 1. The summed E-state index contributed by atoms with van der Waals surface area (Å²) in [6.45, 7) is 4.92. The van der Waals surface area contributed by atoms with Crippen molar-refractivity contribution in [3.05, 3.63) is 28.7 Å². The van der Waals surface area contributed by atoms with E-state index in [1.165, 1.54) is 4.57 Å². The number of anilines is 1. The van der Waals surface area contributed by atoms with Crippen molar-refractivity contribution in [1.29, 1.82) is 0 Å². The van der Waals surface area contributed by atoms with Gasteiger partial charge in [0.2, 0.25) is 11.8 Å². The molecule has 2 unspecified atom stereocenters. The third-order valence-electron chi connectivity index (χ3n) is 8.79. The molecule has 4 fully saturated rings. The minimum absolute atomic E-state index is 0.203. The molecule has 17 heteroatoms. The van der Waals surface area contributed by atoms with Gasteiger partial charge in [-0.2, -0.15) is 13.2 Å². The fourth-order valence-electron chi connectivity index (χ4n) is 6.48. The Bertz CT molecular complexity index is 1480. The van der Waals surface area contributed by atoms with Crippen LogP contribution in [0.1, 0.15) is 25.3 Å². The molecule has 44 heavy (non-hydrogen) atoms. The van der Waals surface area contributed by atoms with Gasteiger partial charge in [0.25, 0.3) is 5.92 Å². The minimum Gasteiger partial charge on any atom is -0.475 e. The number of piperazine rings is 1. The van der Waals surface area contributed by atoms with Gasteiger partial charge in [-0.3, -0.25) is 33.8 Å². The molecule has 0 bridgehead atoms. The Morgan fingerprint density at radius 2 is 1.68 bits per heavy atom. The topological polar surface area (TPSA) is 132 Å². The van der Waals surface area contributed by atoms with Crippen LogP contribution in [-0.2, 0) is 21.4 Å². The highest BCUT2D eigenvalue weighted by molar-refractivity contribution is 6.00. The number of hydrogen-bond donors (Lipinski definition) is 3. The van der Waals surface area contributed by atoms with Crippen LogP contribution in [-0.4, -0.2) is 118 Å². The van der Waals surface area contributed by atoms with Gasteiger partial charge in [0.15, 0.2) is 0 Å². The maximum absolute atomic E-state index is 14.3. The van der Waals surface area contributed by atoms with Gasteiger partial charge >= 0.3 is 17.8 Å². The first-order valence-corrected chi connectivity index (χ1v) is 14.3. The summed E-state index contributed by atoms with van der Waals surface area (Å²) in [5, 5.41) is 12.3. The lowest BCUT2D eigenvalue weighted by molar-refractivity contribution is -0.192. The second-order valence-electron chi connectivity index (χ2n) is 11.5. The zero-order chi connectivity index (χ0) is 32.0. The maximum atomic E-state index is 14.3. The van der Waals surface area contributed by atoms with E-state index in [0.717, 1.165) is 37.4 Å². The fraction of sp³-hybridized carbons (Fsp3) is 0.630. The molecule has 3 N–H and O–H groups in total. The number of carbonyl (C=O) groups is 3. The van der Waals surface area contributed by atoms with Crippen molar-refractivity contribution >= 4 is 34.5 Å². The average molecular weight is 632 g/mol. The quantitative estimate of drug-likeness (QED) is 0.331. The predicted octanol–water partition coefficient (Wildman–Crippen LogP) is 0.754. The Labute approximate surface area is 248 Å². The molecular formula is C27H34F5N7O5. The van der Waals surface area contributed by atoms with Gasteiger partial charge in [-0.15, -0.1) is 0 Å². The number of para-hydroxylation sites is 1. The number of nitrogens with one attached hydrogen (secondary N) is 2. The number of aromatic nitrogens is 2. The number of benzene rings is 1. The number of rotatable bonds is 4. The van der Waals surface area contributed by atoms with Crippen LogP contribution in [0.5, 0.6) is 0 Å². The van der Waals surface area contributed by atoms with E-state index < -0.39 is 36.1 Å². The highest BCUT2D eigenvalue weighted by Gasteiger charge is 2.49. The van der Waals surface area contributed by atoms with E-state index >= 15 is 0 Å². The van der Waals surface area contributed by atoms with Gasteiger partial charge in [0.1, 0.15) is 6.04 Å². The second-order valence-corrected chi connectivity index (χ2v) is 11.5. The first-order valence-electron chi connectivity index (χ1n) is 14.3. The molecule has 0 radical (unpaired) electrons. The average Bonchev–Trinajstić information content (AvgIpc) is 3.18.